The largest absolute Gasteiger partial charge is 0.497 e. The van der Waals surface area contributed by atoms with Crippen LogP contribution >= 0.6 is 0 Å². The first-order valence-electron chi connectivity index (χ1n) is 8.64. The Morgan fingerprint density at radius 3 is 2.84 bits per heavy atom. The lowest BCUT2D eigenvalue weighted by atomic mass is 10.1. The van der Waals surface area contributed by atoms with Crippen molar-refractivity contribution in [3.05, 3.63) is 59.9 Å². The van der Waals surface area contributed by atoms with Gasteiger partial charge in [0.05, 0.1) is 26.4 Å². The van der Waals surface area contributed by atoms with E-state index < -0.39 is 0 Å². The number of nitrogens with zero attached hydrogens (tertiary/aromatic N) is 1. The van der Waals surface area contributed by atoms with E-state index in [1.165, 1.54) is 17.7 Å². The Bertz CT molecular complexity index is 678. The average molecular weight is 344 g/mol. The van der Waals surface area contributed by atoms with Crippen molar-refractivity contribution < 1.29 is 13.9 Å². The van der Waals surface area contributed by atoms with E-state index in [-0.39, 0.29) is 17.9 Å². The SMILES string of the molecule is COc1cccc(C(C)NCC2COCCN2c2ccc(F)cc2)c1. The number of halogens is 1. The van der Waals surface area contributed by atoms with Crippen molar-refractivity contribution >= 4 is 5.69 Å². The van der Waals surface area contributed by atoms with Crippen LogP contribution in [0.25, 0.3) is 0 Å². The van der Waals surface area contributed by atoms with Crippen molar-refractivity contribution in [3.8, 4) is 5.75 Å². The van der Waals surface area contributed by atoms with Gasteiger partial charge in [-0.15, -0.1) is 0 Å². The first-order valence-corrected chi connectivity index (χ1v) is 8.64. The number of rotatable bonds is 6. The number of nitrogens with one attached hydrogen (secondary N) is 1. The molecule has 0 bridgehead atoms. The molecule has 1 aliphatic rings. The molecule has 2 aromatic carbocycles. The molecule has 1 aliphatic heterocycles. The Kier molecular flexibility index (Phi) is 5.89. The normalized spacial score (nSPS) is 18.8. The molecule has 1 N–H and O–H groups in total. The molecule has 1 saturated heterocycles. The highest BCUT2D eigenvalue weighted by Gasteiger charge is 2.23. The first kappa shape index (κ1) is 17.7. The second-order valence-corrected chi connectivity index (χ2v) is 6.31. The third-order valence-electron chi connectivity index (χ3n) is 4.64. The summed E-state index contributed by atoms with van der Waals surface area (Å²) >= 11 is 0. The molecule has 5 heteroatoms. The van der Waals surface area contributed by atoms with Crippen molar-refractivity contribution in [1.82, 2.24) is 5.32 Å². The van der Waals surface area contributed by atoms with Crippen molar-refractivity contribution in [2.45, 2.75) is 19.0 Å². The van der Waals surface area contributed by atoms with Gasteiger partial charge in [-0.25, -0.2) is 4.39 Å². The highest BCUT2D eigenvalue weighted by atomic mass is 19.1. The fourth-order valence-electron chi connectivity index (χ4n) is 3.14. The maximum absolute atomic E-state index is 13.2. The van der Waals surface area contributed by atoms with Crippen molar-refractivity contribution in [2.24, 2.45) is 0 Å². The summed E-state index contributed by atoms with van der Waals surface area (Å²) in [5, 5.41) is 3.58. The van der Waals surface area contributed by atoms with Crippen LogP contribution in [-0.2, 0) is 4.74 Å². The zero-order chi connectivity index (χ0) is 17.6. The van der Waals surface area contributed by atoms with Gasteiger partial charge in [0.15, 0.2) is 0 Å². The predicted octanol–water partition coefficient (Wildman–Crippen LogP) is 3.39. The Hall–Kier alpha value is -2.11. The minimum atomic E-state index is -0.210. The van der Waals surface area contributed by atoms with Crippen LogP contribution in [0.5, 0.6) is 5.75 Å². The lowest BCUT2D eigenvalue weighted by Crippen LogP contribution is -2.50. The lowest BCUT2D eigenvalue weighted by molar-refractivity contribution is 0.0930. The van der Waals surface area contributed by atoms with E-state index in [1.807, 2.05) is 30.3 Å². The van der Waals surface area contributed by atoms with Crippen LogP contribution in [-0.4, -0.2) is 39.5 Å². The van der Waals surface area contributed by atoms with E-state index in [0.717, 1.165) is 24.5 Å². The summed E-state index contributed by atoms with van der Waals surface area (Å²) in [5.74, 6) is 0.651. The maximum atomic E-state index is 13.2. The average Bonchev–Trinajstić information content (AvgIpc) is 2.67. The molecule has 2 aromatic rings. The lowest BCUT2D eigenvalue weighted by Gasteiger charge is -2.38. The van der Waals surface area contributed by atoms with E-state index in [2.05, 4.69) is 23.2 Å². The molecular weight excluding hydrogens is 319 g/mol. The van der Waals surface area contributed by atoms with E-state index >= 15 is 0 Å². The van der Waals surface area contributed by atoms with Gasteiger partial charge in [-0.05, 0) is 48.9 Å². The zero-order valence-electron chi connectivity index (χ0n) is 14.7. The van der Waals surface area contributed by atoms with Gasteiger partial charge in [-0.2, -0.15) is 0 Å². The monoisotopic (exact) mass is 344 g/mol. The summed E-state index contributed by atoms with van der Waals surface area (Å²) in [5.41, 5.74) is 2.22. The van der Waals surface area contributed by atoms with Gasteiger partial charge in [0, 0.05) is 24.8 Å². The molecular formula is C20H25FN2O2. The maximum Gasteiger partial charge on any atom is 0.123 e. The smallest absolute Gasteiger partial charge is 0.123 e. The molecule has 2 atom stereocenters. The highest BCUT2D eigenvalue weighted by molar-refractivity contribution is 5.48. The molecule has 25 heavy (non-hydrogen) atoms. The minimum absolute atomic E-state index is 0.201. The van der Waals surface area contributed by atoms with E-state index in [4.69, 9.17) is 9.47 Å². The Balaban J connectivity index is 1.64. The summed E-state index contributed by atoms with van der Waals surface area (Å²) in [6.45, 7) is 5.09. The highest BCUT2D eigenvalue weighted by Crippen LogP contribution is 2.22. The summed E-state index contributed by atoms with van der Waals surface area (Å²) in [6.07, 6.45) is 0. The molecule has 1 fully saturated rings. The number of benzene rings is 2. The topological polar surface area (TPSA) is 33.7 Å². The van der Waals surface area contributed by atoms with Crippen LogP contribution in [0.1, 0.15) is 18.5 Å². The van der Waals surface area contributed by atoms with Crippen molar-refractivity contribution in [2.75, 3.05) is 38.3 Å². The number of ether oxygens (including phenoxy) is 2. The molecule has 0 saturated carbocycles. The number of anilines is 1. The second kappa shape index (κ2) is 8.32. The van der Waals surface area contributed by atoms with Crippen LogP contribution in [0.4, 0.5) is 10.1 Å². The van der Waals surface area contributed by atoms with Crippen LogP contribution in [0.15, 0.2) is 48.5 Å². The third kappa shape index (κ3) is 4.50. The quantitative estimate of drug-likeness (QED) is 0.871. The molecule has 0 spiro atoms. The van der Waals surface area contributed by atoms with Crippen LogP contribution in [0.3, 0.4) is 0 Å². The van der Waals surface area contributed by atoms with Crippen LogP contribution < -0.4 is 15.0 Å². The number of methoxy groups -OCH3 is 1. The minimum Gasteiger partial charge on any atom is -0.497 e. The molecule has 0 amide bonds. The fourth-order valence-corrected chi connectivity index (χ4v) is 3.14. The Labute approximate surface area is 148 Å². The molecule has 3 rings (SSSR count). The predicted molar refractivity (Wildman–Crippen MR) is 97.8 cm³/mol. The molecule has 4 nitrogen and oxygen atoms in total. The zero-order valence-corrected chi connectivity index (χ0v) is 14.7. The molecule has 0 aromatic heterocycles. The molecule has 134 valence electrons. The van der Waals surface area contributed by atoms with Crippen molar-refractivity contribution in [1.29, 1.82) is 0 Å². The van der Waals surface area contributed by atoms with Gasteiger partial charge in [0.25, 0.3) is 0 Å². The van der Waals surface area contributed by atoms with E-state index in [9.17, 15) is 4.39 Å². The summed E-state index contributed by atoms with van der Waals surface area (Å²) < 4.78 is 24.1. The Morgan fingerprint density at radius 1 is 1.28 bits per heavy atom. The van der Waals surface area contributed by atoms with Gasteiger partial charge in [-0.3, -0.25) is 0 Å². The fraction of sp³-hybridized carbons (Fsp3) is 0.400. The Morgan fingerprint density at radius 2 is 2.08 bits per heavy atom. The molecule has 1 heterocycles. The summed E-state index contributed by atoms with van der Waals surface area (Å²) in [6, 6.07) is 15.2. The van der Waals surface area contributed by atoms with Crippen LogP contribution in [0, 0.1) is 5.82 Å². The summed E-state index contributed by atoms with van der Waals surface area (Å²) in [7, 11) is 1.68. The van der Waals surface area contributed by atoms with Gasteiger partial charge in [0.1, 0.15) is 11.6 Å². The first-order chi connectivity index (χ1) is 12.2. The molecule has 0 aliphatic carbocycles. The molecule has 0 radical (unpaired) electrons. The van der Waals surface area contributed by atoms with E-state index in [1.54, 1.807) is 7.11 Å². The second-order valence-electron chi connectivity index (χ2n) is 6.31. The molecule has 2 unspecified atom stereocenters. The van der Waals surface area contributed by atoms with Crippen molar-refractivity contribution in [3.63, 3.8) is 0 Å². The van der Waals surface area contributed by atoms with E-state index in [0.29, 0.717) is 13.2 Å². The van der Waals surface area contributed by atoms with Gasteiger partial charge in [0.2, 0.25) is 0 Å². The van der Waals surface area contributed by atoms with Crippen LogP contribution in [0.2, 0.25) is 0 Å². The number of morpholine rings is 1. The standard InChI is InChI=1S/C20H25FN2O2/c1-15(16-4-3-5-20(12-16)24-2)22-13-19-14-25-11-10-23(19)18-8-6-17(21)7-9-18/h3-9,12,15,19,22H,10-11,13-14H2,1-2H3. The third-order valence-corrected chi connectivity index (χ3v) is 4.64. The van der Waals surface area contributed by atoms with Gasteiger partial charge in [-0.1, -0.05) is 12.1 Å². The summed E-state index contributed by atoms with van der Waals surface area (Å²) in [4.78, 5) is 2.29. The number of hydrogen-bond donors (Lipinski definition) is 1. The van der Waals surface area contributed by atoms with Gasteiger partial charge < -0.3 is 19.7 Å². The van der Waals surface area contributed by atoms with Gasteiger partial charge >= 0.3 is 0 Å². The number of hydrogen-bond acceptors (Lipinski definition) is 4.